The van der Waals surface area contributed by atoms with E-state index in [0.717, 1.165) is 18.2 Å². The molecule has 4 aromatic rings. The fourth-order valence-electron chi connectivity index (χ4n) is 3.52. The molecule has 0 aliphatic carbocycles. The lowest BCUT2D eigenvalue weighted by atomic mass is 10.0. The predicted octanol–water partition coefficient (Wildman–Crippen LogP) is 6.53. The number of nitrogens with two attached hydrogens (primary N) is 1. The Balaban J connectivity index is 1.83. The van der Waals surface area contributed by atoms with Crippen molar-refractivity contribution in [3.05, 3.63) is 78.4 Å². The summed E-state index contributed by atoms with van der Waals surface area (Å²) in [6.07, 6.45) is -5.30. The maximum Gasteiger partial charge on any atom is 0.471 e. The Morgan fingerprint density at radius 2 is 1.42 bits per heavy atom. The summed E-state index contributed by atoms with van der Waals surface area (Å²) < 4.78 is 101. The van der Waals surface area contributed by atoms with Crippen LogP contribution in [0, 0.1) is 11.6 Å². The molecular weight excluding hydrogens is 535 g/mol. The summed E-state index contributed by atoms with van der Waals surface area (Å²) in [6, 6.07) is 13.1. The van der Waals surface area contributed by atoms with Gasteiger partial charge in [0.15, 0.2) is 5.82 Å². The summed E-state index contributed by atoms with van der Waals surface area (Å²) in [7, 11) is -4.91. The fourth-order valence-corrected chi connectivity index (χ4v) is 4.23. The number of carbonyl (C=O) groups is 1. The van der Waals surface area contributed by atoms with Gasteiger partial charge in [-0.25, -0.2) is 8.78 Å². The minimum Gasteiger partial charge on any atom is -0.396 e. The van der Waals surface area contributed by atoms with E-state index in [4.69, 9.17) is 5.73 Å². The molecule has 0 spiro atoms. The summed E-state index contributed by atoms with van der Waals surface area (Å²) in [5.74, 6) is -4.06. The van der Waals surface area contributed by atoms with E-state index in [0.29, 0.717) is 11.6 Å². The lowest BCUT2D eigenvalue weighted by Gasteiger charge is -2.15. The lowest BCUT2D eigenvalue weighted by Crippen LogP contribution is -2.30. The van der Waals surface area contributed by atoms with Crippen LogP contribution in [-0.2, 0) is 14.9 Å². The Kier molecular flexibility index (Phi) is 6.86. The third-order valence-electron chi connectivity index (χ3n) is 5.31. The van der Waals surface area contributed by atoms with Gasteiger partial charge in [0.1, 0.15) is 22.1 Å². The van der Waals surface area contributed by atoms with Crippen molar-refractivity contribution in [2.24, 2.45) is 10.2 Å². The highest BCUT2D eigenvalue weighted by atomic mass is 32.2. The minimum atomic E-state index is -5.30. The Bertz CT molecular complexity index is 1720. The molecule has 38 heavy (non-hydrogen) atoms. The second-order valence-electron chi connectivity index (χ2n) is 7.84. The molecule has 0 radical (unpaired) electrons. The van der Waals surface area contributed by atoms with Crippen LogP contribution in [0.25, 0.3) is 21.9 Å². The van der Waals surface area contributed by atoms with Gasteiger partial charge in [-0.05, 0) is 41.5 Å². The molecule has 0 saturated heterocycles. The van der Waals surface area contributed by atoms with Crippen molar-refractivity contribution in [2.45, 2.75) is 11.1 Å². The quantitative estimate of drug-likeness (QED) is 0.112. The van der Waals surface area contributed by atoms with E-state index in [1.165, 1.54) is 42.5 Å². The average molecular weight is 550 g/mol. The van der Waals surface area contributed by atoms with Gasteiger partial charge in [0.25, 0.3) is 10.1 Å². The van der Waals surface area contributed by atoms with E-state index in [1.54, 1.807) is 5.32 Å². The molecule has 0 unspecified atom stereocenters. The number of hydrogen-bond donors (Lipinski definition) is 3. The molecule has 4 rings (SSSR count). The van der Waals surface area contributed by atoms with Gasteiger partial charge in [-0.1, -0.05) is 36.4 Å². The van der Waals surface area contributed by atoms with Crippen LogP contribution in [0.3, 0.4) is 0 Å². The number of alkyl halides is 3. The number of benzene rings is 4. The Morgan fingerprint density at radius 1 is 0.842 bits per heavy atom. The van der Waals surface area contributed by atoms with Gasteiger partial charge in [0.05, 0.1) is 11.4 Å². The first-order valence-corrected chi connectivity index (χ1v) is 11.9. The second kappa shape index (κ2) is 9.79. The molecule has 0 aliphatic heterocycles. The number of carbonyl (C=O) groups excluding carboxylic acids is 1. The summed E-state index contributed by atoms with van der Waals surface area (Å²) in [5.41, 5.74) is 4.27. The molecule has 1 amide bonds. The Labute approximate surface area is 211 Å². The molecule has 14 heteroatoms. The monoisotopic (exact) mass is 550 g/mol. The maximum atomic E-state index is 14.8. The van der Waals surface area contributed by atoms with Gasteiger partial charge in [-0.2, -0.15) is 21.6 Å². The van der Waals surface area contributed by atoms with E-state index in [2.05, 4.69) is 10.2 Å². The molecule has 4 N–H and O–H groups in total. The molecule has 0 aliphatic rings. The predicted molar refractivity (Wildman–Crippen MR) is 129 cm³/mol. The molecule has 8 nitrogen and oxygen atoms in total. The number of rotatable bonds is 5. The first-order valence-electron chi connectivity index (χ1n) is 10.4. The number of azo groups is 1. The van der Waals surface area contributed by atoms with Gasteiger partial charge in [-0.15, -0.1) is 10.2 Å². The average Bonchev–Trinajstić information content (AvgIpc) is 2.84. The van der Waals surface area contributed by atoms with Crippen molar-refractivity contribution < 1.29 is 39.7 Å². The number of hydrogen-bond acceptors (Lipinski definition) is 6. The number of anilines is 2. The zero-order valence-electron chi connectivity index (χ0n) is 18.8. The number of fused-ring (bicyclic) bond motifs is 1. The molecule has 0 heterocycles. The van der Waals surface area contributed by atoms with Crippen LogP contribution in [0.2, 0.25) is 0 Å². The molecule has 0 bridgehead atoms. The number of nitrogens with one attached hydrogen (secondary N) is 1. The Hall–Kier alpha value is -4.43. The van der Waals surface area contributed by atoms with Crippen molar-refractivity contribution in [1.82, 2.24) is 0 Å². The van der Waals surface area contributed by atoms with E-state index >= 15 is 0 Å². The lowest BCUT2D eigenvalue weighted by molar-refractivity contribution is -0.167. The second-order valence-corrected chi connectivity index (χ2v) is 9.23. The third kappa shape index (κ3) is 5.45. The third-order valence-corrected chi connectivity index (χ3v) is 6.20. The van der Waals surface area contributed by atoms with Crippen LogP contribution in [-0.4, -0.2) is 25.1 Å². The minimum absolute atomic E-state index is 0.104. The Morgan fingerprint density at radius 3 is 2.00 bits per heavy atom. The first-order chi connectivity index (χ1) is 17.8. The van der Waals surface area contributed by atoms with Gasteiger partial charge in [0, 0.05) is 10.8 Å². The molecule has 0 saturated carbocycles. The molecule has 0 fully saturated rings. The molecule has 4 aromatic carbocycles. The standard InChI is InChI=1S/C24H15F5N4O4S/c25-16-9-12(5-7-18(16)30)13-6-8-19(17(26)10-13)32-33-20-11-21(38(35,36)37)14-3-1-2-4-15(14)22(20)31-23(34)24(27,28)29/h1-11H,30H2,(H,31,34)(H,35,36,37). The van der Waals surface area contributed by atoms with E-state index in [9.17, 15) is 39.7 Å². The zero-order chi connectivity index (χ0) is 27.8. The highest BCUT2D eigenvalue weighted by Gasteiger charge is 2.39. The van der Waals surface area contributed by atoms with Crippen molar-refractivity contribution in [3.63, 3.8) is 0 Å². The van der Waals surface area contributed by atoms with Crippen LogP contribution >= 0.6 is 0 Å². The smallest absolute Gasteiger partial charge is 0.396 e. The van der Waals surface area contributed by atoms with E-state index in [-0.39, 0.29) is 22.0 Å². The fraction of sp³-hybridized carbons (Fsp3) is 0.0417. The number of halogens is 5. The number of amides is 1. The van der Waals surface area contributed by atoms with Crippen LogP contribution in [0.15, 0.2) is 81.9 Å². The van der Waals surface area contributed by atoms with E-state index in [1.807, 2.05) is 0 Å². The topological polar surface area (TPSA) is 134 Å². The van der Waals surface area contributed by atoms with Gasteiger partial charge >= 0.3 is 12.1 Å². The highest BCUT2D eigenvalue weighted by Crippen LogP contribution is 2.40. The maximum absolute atomic E-state index is 14.8. The molecule has 196 valence electrons. The van der Waals surface area contributed by atoms with Crippen molar-refractivity contribution in [1.29, 1.82) is 0 Å². The summed E-state index contributed by atoms with van der Waals surface area (Å²) in [4.78, 5) is 11.0. The SMILES string of the molecule is Nc1ccc(-c2ccc(N=Nc3cc(S(=O)(=O)O)c4ccccc4c3NC(=O)C(F)(F)F)c(F)c2)cc1F. The number of nitrogens with zero attached hydrogens (tertiary/aromatic N) is 2. The largest absolute Gasteiger partial charge is 0.471 e. The summed E-state index contributed by atoms with van der Waals surface area (Å²) in [5, 5.41) is 8.53. The first kappa shape index (κ1) is 26.6. The van der Waals surface area contributed by atoms with Crippen LogP contribution in [0.5, 0.6) is 0 Å². The van der Waals surface area contributed by atoms with Crippen molar-refractivity contribution in [3.8, 4) is 11.1 Å². The van der Waals surface area contributed by atoms with Gasteiger partial charge < -0.3 is 11.1 Å². The van der Waals surface area contributed by atoms with Gasteiger partial charge in [0.2, 0.25) is 0 Å². The van der Waals surface area contributed by atoms with Gasteiger partial charge in [-0.3, -0.25) is 9.35 Å². The molecule has 0 aromatic heterocycles. The molecular formula is C24H15F5N4O4S. The van der Waals surface area contributed by atoms with Crippen LogP contribution in [0.1, 0.15) is 0 Å². The van der Waals surface area contributed by atoms with Crippen molar-refractivity contribution >= 4 is 49.5 Å². The van der Waals surface area contributed by atoms with Crippen molar-refractivity contribution in [2.75, 3.05) is 11.1 Å². The van der Waals surface area contributed by atoms with Crippen LogP contribution in [0.4, 0.5) is 44.7 Å². The van der Waals surface area contributed by atoms with Crippen LogP contribution < -0.4 is 11.1 Å². The summed E-state index contributed by atoms with van der Waals surface area (Å²) in [6.45, 7) is 0. The van der Waals surface area contributed by atoms with E-state index < -0.39 is 55.8 Å². The highest BCUT2D eigenvalue weighted by molar-refractivity contribution is 7.86. The zero-order valence-corrected chi connectivity index (χ0v) is 19.6. The normalized spacial score (nSPS) is 12.3. The summed E-state index contributed by atoms with van der Waals surface area (Å²) >= 11 is 0. The number of nitrogen functional groups attached to an aromatic ring is 1. The molecule has 0 atom stereocenters.